The number of amides is 1. The van der Waals surface area contributed by atoms with Crippen LogP contribution in [-0.4, -0.2) is 40.8 Å². The first kappa shape index (κ1) is 14.1. The molecule has 0 spiro atoms. The Kier molecular flexibility index (Phi) is 3.99. The number of halogens is 1. The number of pyridine rings is 1. The summed E-state index contributed by atoms with van der Waals surface area (Å²) in [5, 5.41) is 0. The van der Waals surface area contributed by atoms with Gasteiger partial charge >= 0.3 is 6.09 Å². The van der Waals surface area contributed by atoms with Crippen molar-refractivity contribution in [2.45, 2.75) is 32.5 Å². The van der Waals surface area contributed by atoms with Crippen LogP contribution in [0.1, 0.15) is 20.8 Å². The second kappa shape index (κ2) is 5.36. The molecule has 0 saturated carbocycles. The smallest absolute Gasteiger partial charge is 0.410 e. The fourth-order valence-corrected chi connectivity index (χ4v) is 1.98. The minimum Gasteiger partial charge on any atom is -0.485 e. The van der Waals surface area contributed by atoms with Crippen LogP contribution in [0.3, 0.4) is 0 Å². The number of aromatic nitrogens is 1. The van der Waals surface area contributed by atoms with E-state index in [1.165, 1.54) is 0 Å². The second-order valence-electron chi connectivity index (χ2n) is 5.46. The normalized spacial score (nSPS) is 15.9. The molecule has 2 heterocycles. The number of hydrogen-bond donors (Lipinski definition) is 0. The molecule has 0 aliphatic carbocycles. The molecule has 19 heavy (non-hydrogen) atoms. The maximum Gasteiger partial charge on any atom is 0.410 e. The Labute approximate surface area is 121 Å². The van der Waals surface area contributed by atoms with E-state index in [4.69, 9.17) is 9.47 Å². The van der Waals surface area contributed by atoms with Crippen LogP contribution in [0.15, 0.2) is 22.9 Å². The van der Waals surface area contributed by atoms with E-state index in [1.54, 1.807) is 17.3 Å². The summed E-state index contributed by atoms with van der Waals surface area (Å²) in [5.74, 6) is 0.697. The molecule has 1 aliphatic rings. The third-order valence-electron chi connectivity index (χ3n) is 2.48. The van der Waals surface area contributed by atoms with E-state index in [0.29, 0.717) is 18.8 Å². The highest BCUT2D eigenvalue weighted by atomic mass is 79.9. The van der Waals surface area contributed by atoms with Gasteiger partial charge in [-0.05, 0) is 42.8 Å². The molecule has 1 saturated heterocycles. The fraction of sp³-hybridized carbons (Fsp3) is 0.538. The van der Waals surface area contributed by atoms with Gasteiger partial charge in [0.25, 0.3) is 0 Å². The standard InChI is InChI=1S/C13H17BrN2O3/c1-13(2,3)19-12(17)16-7-11(8-16)18-10-4-9(14)5-15-6-10/h4-6,11H,7-8H2,1-3H3. The van der Waals surface area contributed by atoms with Crippen LogP contribution in [0.4, 0.5) is 4.79 Å². The summed E-state index contributed by atoms with van der Waals surface area (Å²) in [4.78, 5) is 17.4. The highest BCUT2D eigenvalue weighted by Gasteiger charge is 2.35. The average Bonchev–Trinajstić information content (AvgIpc) is 2.20. The Balaban J connectivity index is 1.79. The van der Waals surface area contributed by atoms with Crippen LogP contribution in [0.2, 0.25) is 0 Å². The number of hydrogen-bond acceptors (Lipinski definition) is 4. The van der Waals surface area contributed by atoms with Crippen molar-refractivity contribution in [2.75, 3.05) is 13.1 Å². The molecule has 5 nitrogen and oxygen atoms in total. The molecule has 1 aliphatic heterocycles. The maximum atomic E-state index is 11.7. The van der Waals surface area contributed by atoms with Gasteiger partial charge in [0.2, 0.25) is 0 Å². The topological polar surface area (TPSA) is 51.7 Å². The largest absolute Gasteiger partial charge is 0.485 e. The van der Waals surface area contributed by atoms with E-state index in [0.717, 1.165) is 4.47 Å². The highest BCUT2D eigenvalue weighted by molar-refractivity contribution is 9.10. The molecule has 6 heteroatoms. The Bertz CT molecular complexity index is 467. The van der Waals surface area contributed by atoms with E-state index in [2.05, 4.69) is 20.9 Å². The highest BCUT2D eigenvalue weighted by Crippen LogP contribution is 2.22. The van der Waals surface area contributed by atoms with Gasteiger partial charge in [0, 0.05) is 10.7 Å². The molecule has 1 aromatic heterocycles. The van der Waals surface area contributed by atoms with Gasteiger partial charge in [-0.25, -0.2) is 4.79 Å². The number of ether oxygens (including phenoxy) is 2. The maximum absolute atomic E-state index is 11.7. The average molecular weight is 329 g/mol. The minimum absolute atomic E-state index is 0.00335. The Hall–Kier alpha value is -1.30. The number of nitrogens with zero attached hydrogens (tertiary/aromatic N) is 2. The van der Waals surface area contributed by atoms with Crippen LogP contribution in [0.25, 0.3) is 0 Å². The summed E-state index contributed by atoms with van der Waals surface area (Å²) < 4.78 is 11.8. The zero-order valence-electron chi connectivity index (χ0n) is 11.2. The molecule has 0 bridgehead atoms. The first-order valence-electron chi connectivity index (χ1n) is 6.08. The molecule has 1 aromatic rings. The van der Waals surface area contributed by atoms with Gasteiger partial charge in [-0.2, -0.15) is 0 Å². The lowest BCUT2D eigenvalue weighted by Gasteiger charge is -2.39. The molecule has 1 amide bonds. The molecule has 1 fully saturated rings. The van der Waals surface area contributed by atoms with Crippen molar-refractivity contribution >= 4 is 22.0 Å². The van der Waals surface area contributed by atoms with Gasteiger partial charge in [0.05, 0.1) is 19.3 Å². The van der Waals surface area contributed by atoms with E-state index in [-0.39, 0.29) is 12.2 Å². The van der Waals surface area contributed by atoms with Crippen molar-refractivity contribution in [1.82, 2.24) is 9.88 Å². The van der Waals surface area contributed by atoms with Crippen LogP contribution in [0.5, 0.6) is 5.75 Å². The Morgan fingerprint density at radius 2 is 2.11 bits per heavy atom. The third-order valence-corrected chi connectivity index (χ3v) is 2.92. The number of carbonyl (C=O) groups is 1. The summed E-state index contributed by atoms with van der Waals surface area (Å²) >= 11 is 3.33. The molecule has 2 rings (SSSR count). The SMILES string of the molecule is CC(C)(C)OC(=O)N1CC(Oc2cncc(Br)c2)C1. The molecular weight excluding hydrogens is 312 g/mol. The first-order valence-corrected chi connectivity index (χ1v) is 6.88. The summed E-state index contributed by atoms with van der Waals surface area (Å²) in [6.45, 7) is 6.65. The summed E-state index contributed by atoms with van der Waals surface area (Å²) in [7, 11) is 0. The van der Waals surface area contributed by atoms with Crippen LogP contribution in [-0.2, 0) is 4.74 Å². The number of likely N-dealkylation sites (tertiary alicyclic amines) is 1. The molecule has 0 atom stereocenters. The summed E-state index contributed by atoms with van der Waals surface area (Å²) in [6.07, 6.45) is 3.06. The predicted molar refractivity (Wildman–Crippen MR) is 74.2 cm³/mol. The van der Waals surface area contributed by atoms with Crippen molar-refractivity contribution in [3.63, 3.8) is 0 Å². The number of rotatable bonds is 2. The molecule has 104 valence electrons. The minimum atomic E-state index is -0.461. The van der Waals surface area contributed by atoms with Gasteiger partial charge in [0.1, 0.15) is 17.5 Å². The van der Waals surface area contributed by atoms with Crippen molar-refractivity contribution in [3.8, 4) is 5.75 Å². The van der Waals surface area contributed by atoms with Crippen LogP contribution in [0, 0.1) is 0 Å². The van der Waals surface area contributed by atoms with E-state index < -0.39 is 5.60 Å². The fourth-order valence-electron chi connectivity index (χ4n) is 1.64. The van der Waals surface area contributed by atoms with Gasteiger partial charge < -0.3 is 14.4 Å². The second-order valence-corrected chi connectivity index (χ2v) is 6.38. The van der Waals surface area contributed by atoms with Crippen molar-refractivity contribution < 1.29 is 14.3 Å². The van der Waals surface area contributed by atoms with Gasteiger partial charge in [-0.3, -0.25) is 4.98 Å². The van der Waals surface area contributed by atoms with Gasteiger partial charge in [-0.15, -0.1) is 0 Å². The van der Waals surface area contributed by atoms with Crippen molar-refractivity contribution in [2.24, 2.45) is 0 Å². The Morgan fingerprint density at radius 3 is 2.68 bits per heavy atom. The molecule has 0 unspecified atom stereocenters. The lowest BCUT2D eigenvalue weighted by Crippen LogP contribution is -2.57. The zero-order chi connectivity index (χ0) is 14.0. The zero-order valence-corrected chi connectivity index (χ0v) is 12.8. The van der Waals surface area contributed by atoms with Gasteiger partial charge in [0.15, 0.2) is 0 Å². The monoisotopic (exact) mass is 328 g/mol. The summed E-state index contributed by atoms with van der Waals surface area (Å²) in [5.41, 5.74) is -0.461. The summed E-state index contributed by atoms with van der Waals surface area (Å²) in [6, 6.07) is 1.85. The first-order chi connectivity index (χ1) is 8.83. The third kappa shape index (κ3) is 4.09. The molecule has 0 radical (unpaired) electrons. The molecule has 0 N–H and O–H groups in total. The van der Waals surface area contributed by atoms with Crippen LogP contribution < -0.4 is 4.74 Å². The van der Waals surface area contributed by atoms with E-state index in [9.17, 15) is 4.79 Å². The molecular formula is C13H17BrN2O3. The van der Waals surface area contributed by atoms with Crippen molar-refractivity contribution in [3.05, 3.63) is 22.9 Å². The Morgan fingerprint density at radius 1 is 1.42 bits per heavy atom. The predicted octanol–water partition coefficient (Wildman–Crippen LogP) is 2.84. The van der Waals surface area contributed by atoms with E-state index in [1.807, 2.05) is 26.8 Å². The lowest BCUT2D eigenvalue weighted by molar-refractivity contribution is -0.0222. The van der Waals surface area contributed by atoms with Gasteiger partial charge in [-0.1, -0.05) is 0 Å². The quantitative estimate of drug-likeness (QED) is 0.837. The van der Waals surface area contributed by atoms with Crippen molar-refractivity contribution in [1.29, 1.82) is 0 Å². The number of carbonyl (C=O) groups excluding carboxylic acids is 1. The van der Waals surface area contributed by atoms with Crippen LogP contribution >= 0.6 is 15.9 Å². The lowest BCUT2D eigenvalue weighted by atomic mass is 10.1. The van der Waals surface area contributed by atoms with E-state index >= 15 is 0 Å². The molecule has 0 aromatic carbocycles.